The van der Waals surface area contributed by atoms with Crippen LogP contribution in [0.4, 0.5) is 36.2 Å². The molecule has 206 valence electrons. The molecule has 0 atom stereocenters. The minimum absolute atomic E-state index is 0.127. The summed E-state index contributed by atoms with van der Waals surface area (Å²) in [6.07, 6.45) is -1.03. The SMILES string of the molecule is CNC(=O)c1cc(Nc2cc(NC(=O)c3cccc(C(F)(F)F)c3)ccc2C)n(-c2cc(NC3CC3)ncn2)n1. The van der Waals surface area contributed by atoms with Gasteiger partial charge in [-0.05, 0) is 55.7 Å². The van der Waals surface area contributed by atoms with Crippen molar-refractivity contribution in [3.63, 3.8) is 0 Å². The molecule has 4 aromatic rings. The molecule has 0 bridgehead atoms. The molecule has 40 heavy (non-hydrogen) atoms. The quantitative estimate of drug-likeness (QED) is 0.245. The van der Waals surface area contributed by atoms with E-state index in [9.17, 15) is 22.8 Å². The number of benzene rings is 2. The second-order valence-corrected chi connectivity index (χ2v) is 9.27. The average molecular weight is 551 g/mol. The van der Waals surface area contributed by atoms with Gasteiger partial charge in [-0.2, -0.15) is 23.0 Å². The molecule has 1 aliphatic carbocycles. The first kappa shape index (κ1) is 26.7. The van der Waals surface area contributed by atoms with Crippen LogP contribution in [0.1, 0.15) is 44.8 Å². The van der Waals surface area contributed by atoms with Crippen molar-refractivity contribution in [2.75, 3.05) is 23.0 Å². The summed E-state index contributed by atoms with van der Waals surface area (Å²) in [6.45, 7) is 1.84. The highest BCUT2D eigenvalue weighted by molar-refractivity contribution is 6.04. The van der Waals surface area contributed by atoms with E-state index in [1.165, 1.54) is 30.2 Å². The van der Waals surface area contributed by atoms with E-state index in [0.29, 0.717) is 34.9 Å². The molecule has 2 amide bonds. The van der Waals surface area contributed by atoms with Crippen LogP contribution >= 0.6 is 0 Å². The first-order valence-electron chi connectivity index (χ1n) is 12.4. The topological polar surface area (TPSA) is 126 Å². The monoisotopic (exact) mass is 550 g/mol. The summed E-state index contributed by atoms with van der Waals surface area (Å²) in [6, 6.07) is 12.9. The van der Waals surface area contributed by atoms with Crippen LogP contribution in [-0.4, -0.2) is 44.7 Å². The number of anilines is 4. The van der Waals surface area contributed by atoms with Crippen LogP contribution in [0, 0.1) is 6.92 Å². The van der Waals surface area contributed by atoms with Gasteiger partial charge in [-0.25, -0.2) is 9.97 Å². The van der Waals surface area contributed by atoms with Gasteiger partial charge in [-0.15, -0.1) is 0 Å². The summed E-state index contributed by atoms with van der Waals surface area (Å²) in [5.74, 6) is 0.378. The maximum atomic E-state index is 13.1. The molecule has 2 aromatic carbocycles. The highest BCUT2D eigenvalue weighted by Gasteiger charge is 2.31. The third kappa shape index (κ3) is 6.03. The number of carbonyl (C=O) groups is 2. The molecule has 1 saturated carbocycles. The first-order valence-corrected chi connectivity index (χ1v) is 12.4. The summed E-state index contributed by atoms with van der Waals surface area (Å²) < 4.78 is 40.7. The number of rotatable bonds is 8. The fraction of sp³-hybridized carbons (Fsp3) is 0.222. The molecule has 0 aliphatic heterocycles. The average Bonchev–Trinajstić information content (AvgIpc) is 3.65. The zero-order valence-electron chi connectivity index (χ0n) is 21.5. The molecule has 10 nitrogen and oxygen atoms in total. The predicted molar refractivity (Wildman–Crippen MR) is 143 cm³/mol. The van der Waals surface area contributed by atoms with Crippen molar-refractivity contribution in [1.82, 2.24) is 25.1 Å². The molecule has 0 saturated heterocycles. The van der Waals surface area contributed by atoms with Gasteiger partial charge in [0.2, 0.25) is 0 Å². The lowest BCUT2D eigenvalue weighted by Gasteiger charge is -2.14. The van der Waals surface area contributed by atoms with E-state index in [2.05, 4.69) is 36.3 Å². The number of nitrogens with zero attached hydrogens (tertiary/aromatic N) is 4. The Hall–Kier alpha value is -4.94. The van der Waals surface area contributed by atoms with Gasteiger partial charge in [0.1, 0.15) is 18.0 Å². The van der Waals surface area contributed by atoms with Crippen molar-refractivity contribution in [2.24, 2.45) is 0 Å². The van der Waals surface area contributed by atoms with Gasteiger partial charge >= 0.3 is 6.18 Å². The maximum Gasteiger partial charge on any atom is 0.416 e. The number of carbonyl (C=O) groups excluding carboxylic acids is 2. The van der Waals surface area contributed by atoms with Crippen molar-refractivity contribution < 1.29 is 22.8 Å². The van der Waals surface area contributed by atoms with Crippen molar-refractivity contribution in [1.29, 1.82) is 0 Å². The van der Waals surface area contributed by atoms with E-state index in [4.69, 9.17) is 0 Å². The number of hydrogen-bond donors (Lipinski definition) is 4. The van der Waals surface area contributed by atoms with E-state index in [1.807, 2.05) is 6.92 Å². The number of hydrogen-bond acceptors (Lipinski definition) is 7. The Kier molecular flexibility index (Phi) is 7.11. The standard InChI is InChI=1S/C27H25F3N8O2/c1-15-6-7-19(35-25(39)16-4-3-5-17(10-16)27(28,29)30)11-20(15)36-24-12-21(26(40)31-2)37-38(24)23-13-22(32-14-33-23)34-18-8-9-18/h3-7,10-14,18,36H,8-9H2,1-2H3,(H,31,40)(H,35,39)(H,32,33,34). The third-order valence-corrected chi connectivity index (χ3v) is 6.18. The molecule has 4 N–H and O–H groups in total. The van der Waals surface area contributed by atoms with Crippen molar-refractivity contribution in [3.05, 3.63) is 83.3 Å². The van der Waals surface area contributed by atoms with Gasteiger partial charge in [0.25, 0.3) is 11.8 Å². The van der Waals surface area contributed by atoms with E-state index >= 15 is 0 Å². The van der Waals surface area contributed by atoms with Crippen LogP contribution in [0.2, 0.25) is 0 Å². The van der Waals surface area contributed by atoms with E-state index in [1.54, 1.807) is 30.3 Å². The number of nitrogens with one attached hydrogen (secondary N) is 4. The molecule has 2 heterocycles. The van der Waals surface area contributed by atoms with Crippen LogP contribution in [0.5, 0.6) is 0 Å². The normalized spacial score (nSPS) is 13.0. The molecule has 1 aliphatic rings. The second-order valence-electron chi connectivity index (χ2n) is 9.27. The Bertz CT molecular complexity index is 1580. The molecule has 1 fully saturated rings. The summed E-state index contributed by atoms with van der Waals surface area (Å²) in [7, 11) is 1.50. The van der Waals surface area contributed by atoms with E-state index in [-0.39, 0.29) is 11.3 Å². The van der Waals surface area contributed by atoms with Gasteiger partial charge in [-0.1, -0.05) is 12.1 Å². The summed E-state index contributed by atoms with van der Waals surface area (Å²) >= 11 is 0. The first-order chi connectivity index (χ1) is 19.1. The molecule has 5 rings (SSSR count). The largest absolute Gasteiger partial charge is 0.416 e. The highest BCUT2D eigenvalue weighted by atomic mass is 19.4. The Labute approximate surface area is 227 Å². The number of aryl methyl sites for hydroxylation is 1. The lowest BCUT2D eigenvalue weighted by atomic mass is 10.1. The smallest absolute Gasteiger partial charge is 0.367 e. The van der Waals surface area contributed by atoms with E-state index in [0.717, 1.165) is 30.5 Å². The molecule has 13 heteroatoms. The number of halogens is 3. The fourth-order valence-electron chi connectivity index (χ4n) is 3.87. The summed E-state index contributed by atoms with van der Waals surface area (Å²) in [5, 5.41) is 16.1. The lowest BCUT2D eigenvalue weighted by Crippen LogP contribution is -2.18. The van der Waals surface area contributed by atoms with Crippen molar-refractivity contribution >= 4 is 34.8 Å². The van der Waals surface area contributed by atoms with Crippen molar-refractivity contribution in [3.8, 4) is 5.82 Å². The Morgan fingerprint density at radius 2 is 1.80 bits per heavy atom. The van der Waals surface area contributed by atoms with Crippen LogP contribution in [-0.2, 0) is 6.18 Å². The molecule has 0 spiro atoms. The second kappa shape index (κ2) is 10.7. The van der Waals surface area contributed by atoms with Crippen molar-refractivity contribution in [2.45, 2.75) is 32.0 Å². The molecule has 0 radical (unpaired) electrons. The molecule has 2 aromatic heterocycles. The van der Waals surface area contributed by atoms with E-state index < -0.39 is 23.6 Å². The molecular weight excluding hydrogens is 525 g/mol. The van der Waals surface area contributed by atoms with Gasteiger partial charge < -0.3 is 21.3 Å². The minimum Gasteiger partial charge on any atom is -0.367 e. The van der Waals surface area contributed by atoms with Crippen LogP contribution in [0.15, 0.2) is 60.9 Å². The van der Waals surface area contributed by atoms with Gasteiger partial charge in [0, 0.05) is 42.2 Å². The number of amides is 2. The Morgan fingerprint density at radius 1 is 1.00 bits per heavy atom. The predicted octanol–water partition coefficient (Wildman–Crippen LogP) is 4.92. The molecular formula is C27H25F3N8O2. The zero-order valence-corrected chi connectivity index (χ0v) is 21.5. The zero-order chi connectivity index (χ0) is 28.4. The summed E-state index contributed by atoms with van der Waals surface area (Å²) in [5.41, 5.74) is 0.823. The lowest BCUT2D eigenvalue weighted by molar-refractivity contribution is -0.137. The Balaban J connectivity index is 1.43. The van der Waals surface area contributed by atoms with Crippen LogP contribution in [0.3, 0.4) is 0 Å². The van der Waals surface area contributed by atoms with Crippen LogP contribution in [0.25, 0.3) is 5.82 Å². The van der Waals surface area contributed by atoms with Crippen LogP contribution < -0.4 is 21.3 Å². The Morgan fingerprint density at radius 3 is 2.52 bits per heavy atom. The van der Waals surface area contributed by atoms with Gasteiger partial charge in [0.15, 0.2) is 11.5 Å². The highest BCUT2D eigenvalue weighted by Crippen LogP contribution is 2.31. The fourth-order valence-corrected chi connectivity index (χ4v) is 3.87. The maximum absolute atomic E-state index is 13.1. The summed E-state index contributed by atoms with van der Waals surface area (Å²) in [4.78, 5) is 33.7. The minimum atomic E-state index is -4.56. The third-order valence-electron chi connectivity index (χ3n) is 6.18. The molecule has 0 unspecified atom stereocenters. The van der Waals surface area contributed by atoms with Gasteiger partial charge in [-0.3, -0.25) is 9.59 Å². The number of aromatic nitrogens is 4. The number of alkyl halides is 3. The van der Waals surface area contributed by atoms with Gasteiger partial charge in [0.05, 0.1) is 5.56 Å².